The summed E-state index contributed by atoms with van der Waals surface area (Å²) >= 11 is 0. The second kappa shape index (κ2) is 4.77. The van der Waals surface area contributed by atoms with E-state index in [0.717, 1.165) is 11.1 Å². The summed E-state index contributed by atoms with van der Waals surface area (Å²) < 4.78 is 1.75. The van der Waals surface area contributed by atoms with Gasteiger partial charge in [0.25, 0.3) is 0 Å². The van der Waals surface area contributed by atoms with E-state index in [-0.39, 0.29) is 11.6 Å². The smallest absolute Gasteiger partial charge is 0.338 e. The molecule has 5 nitrogen and oxygen atoms in total. The second-order valence-corrected chi connectivity index (χ2v) is 4.60. The van der Waals surface area contributed by atoms with Gasteiger partial charge in [-0.2, -0.15) is 0 Å². The third kappa shape index (κ3) is 1.93. The normalized spacial score (nSPS) is 12.4. The number of carbonyl (C=O) groups is 1. The zero-order chi connectivity index (χ0) is 14.1. The molecule has 0 bridgehead atoms. The molecule has 0 aliphatic carbocycles. The molecule has 1 heterocycles. The topological polar surface area (TPSA) is 68.0 Å². The number of nitrogens with zero attached hydrogens (tertiary/aromatic N) is 3. The molecular weight excluding hydrogens is 254 g/mol. The van der Waals surface area contributed by atoms with Crippen LogP contribution in [0, 0.1) is 0 Å². The lowest BCUT2D eigenvalue weighted by Gasteiger charge is -2.12. The van der Waals surface area contributed by atoms with Crippen molar-refractivity contribution < 1.29 is 9.90 Å². The zero-order valence-corrected chi connectivity index (χ0v) is 10.9. The quantitative estimate of drug-likeness (QED) is 0.792. The monoisotopic (exact) mass is 267 g/mol. The third-order valence-corrected chi connectivity index (χ3v) is 3.38. The highest BCUT2D eigenvalue weighted by Gasteiger charge is 2.17. The van der Waals surface area contributed by atoms with E-state index in [1.54, 1.807) is 10.7 Å². The Morgan fingerprint density at radius 2 is 1.90 bits per heavy atom. The molecule has 0 radical (unpaired) electrons. The lowest BCUT2D eigenvalue weighted by molar-refractivity contribution is 0.0699. The van der Waals surface area contributed by atoms with Gasteiger partial charge >= 0.3 is 5.97 Å². The summed E-state index contributed by atoms with van der Waals surface area (Å²) in [6.07, 6.45) is 0. The molecule has 1 aromatic heterocycles. The average molecular weight is 267 g/mol. The molecule has 5 heteroatoms. The van der Waals surface area contributed by atoms with Crippen LogP contribution in [0.1, 0.15) is 28.9 Å². The number of hydrogen-bond acceptors (Lipinski definition) is 3. The highest BCUT2D eigenvalue weighted by molar-refractivity contribution is 6.00. The summed E-state index contributed by atoms with van der Waals surface area (Å²) in [7, 11) is 0. The van der Waals surface area contributed by atoms with Gasteiger partial charge in [0, 0.05) is 0 Å². The molecule has 2 aromatic carbocycles. The Balaban J connectivity index is 2.14. The zero-order valence-electron chi connectivity index (χ0n) is 10.9. The molecule has 0 aliphatic rings. The SMILES string of the molecule is CC(c1ccccc1)n1nnc2c(C(=O)O)cccc21. The molecule has 3 rings (SSSR count). The van der Waals surface area contributed by atoms with E-state index < -0.39 is 5.97 Å². The summed E-state index contributed by atoms with van der Waals surface area (Å²) in [5, 5.41) is 17.3. The maximum absolute atomic E-state index is 11.2. The maximum atomic E-state index is 11.2. The largest absolute Gasteiger partial charge is 0.478 e. The maximum Gasteiger partial charge on any atom is 0.338 e. The van der Waals surface area contributed by atoms with Gasteiger partial charge in [0.2, 0.25) is 0 Å². The Labute approximate surface area is 115 Å². The summed E-state index contributed by atoms with van der Waals surface area (Å²) in [6, 6.07) is 15.0. The molecule has 100 valence electrons. The minimum Gasteiger partial charge on any atom is -0.478 e. The Bertz CT molecular complexity index is 765. The Morgan fingerprint density at radius 1 is 1.15 bits per heavy atom. The summed E-state index contributed by atoms with van der Waals surface area (Å²) in [5.74, 6) is -0.991. The fourth-order valence-electron chi connectivity index (χ4n) is 2.29. The van der Waals surface area contributed by atoms with Crippen molar-refractivity contribution in [3.8, 4) is 0 Å². The lowest BCUT2D eigenvalue weighted by atomic mass is 10.1. The highest BCUT2D eigenvalue weighted by Crippen LogP contribution is 2.23. The molecule has 0 saturated heterocycles. The van der Waals surface area contributed by atoms with Crippen molar-refractivity contribution in [1.29, 1.82) is 0 Å². The van der Waals surface area contributed by atoms with Crippen LogP contribution in [0.2, 0.25) is 0 Å². The van der Waals surface area contributed by atoms with Gasteiger partial charge in [-0.05, 0) is 24.6 Å². The first-order valence-corrected chi connectivity index (χ1v) is 6.30. The number of carboxylic acids is 1. The molecule has 0 aliphatic heterocycles. The van der Waals surface area contributed by atoms with Crippen molar-refractivity contribution in [2.24, 2.45) is 0 Å². The minimum atomic E-state index is -0.991. The predicted molar refractivity (Wildman–Crippen MR) is 74.7 cm³/mol. The molecule has 0 saturated carbocycles. The van der Waals surface area contributed by atoms with Crippen LogP contribution in [0.15, 0.2) is 48.5 Å². The summed E-state index contributed by atoms with van der Waals surface area (Å²) in [5.41, 5.74) is 2.41. The van der Waals surface area contributed by atoms with Gasteiger partial charge in [-0.15, -0.1) is 5.10 Å². The van der Waals surface area contributed by atoms with Gasteiger partial charge in [-0.1, -0.05) is 41.6 Å². The fourth-order valence-corrected chi connectivity index (χ4v) is 2.29. The van der Waals surface area contributed by atoms with Gasteiger partial charge < -0.3 is 5.11 Å². The lowest BCUT2D eigenvalue weighted by Crippen LogP contribution is -2.08. The number of carboxylic acid groups (broad SMARTS) is 1. The van der Waals surface area contributed by atoms with Crippen molar-refractivity contribution in [2.75, 3.05) is 0 Å². The van der Waals surface area contributed by atoms with Gasteiger partial charge in [0.1, 0.15) is 5.52 Å². The predicted octanol–water partition coefficient (Wildman–Crippen LogP) is 2.74. The van der Waals surface area contributed by atoms with Crippen LogP contribution >= 0.6 is 0 Å². The van der Waals surface area contributed by atoms with E-state index in [1.165, 1.54) is 6.07 Å². The molecule has 3 aromatic rings. The second-order valence-electron chi connectivity index (χ2n) is 4.60. The summed E-state index contributed by atoms with van der Waals surface area (Å²) in [4.78, 5) is 11.2. The number of fused-ring (bicyclic) bond motifs is 1. The van der Waals surface area contributed by atoms with Gasteiger partial charge in [0.05, 0.1) is 17.1 Å². The van der Waals surface area contributed by atoms with Gasteiger partial charge in [-0.25, -0.2) is 9.48 Å². The number of rotatable bonds is 3. The van der Waals surface area contributed by atoms with E-state index in [9.17, 15) is 9.90 Å². The van der Waals surface area contributed by atoms with Crippen molar-refractivity contribution in [2.45, 2.75) is 13.0 Å². The third-order valence-electron chi connectivity index (χ3n) is 3.38. The van der Waals surface area contributed by atoms with Crippen LogP contribution in [0.3, 0.4) is 0 Å². The summed E-state index contributed by atoms with van der Waals surface area (Å²) in [6.45, 7) is 2.01. The molecule has 20 heavy (non-hydrogen) atoms. The van der Waals surface area contributed by atoms with Crippen LogP contribution in [0.25, 0.3) is 11.0 Å². The highest BCUT2D eigenvalue weighted by atomic mass is 16.4. The molecule has 1 unspecified atom stereocenters. The Kier molecular flexibility index (Phi) is 2.95. The van der Waals surface area contributed by atoms with Crippen molar-refractivity contribution in [3.63, 3.8) is 0 Å². The molecule has 0 spiro atoms. The first-order valence-electron chi connectivity index (χ1n) is 6.30. The van der Waals surface area contributed by atoms with Crippen molar-refractivity contribution in [3.05, 3.63) is 59.7 Å². The van der Waals surface area contributed by atoms with E-state index in [0.29, 0.717) is 5.52 Å². The van der Waals surface area contributed by atoms with Crippen LogP contribution in [-0.4, -0.2) is 26.1 Å². The number of hydrogen-bond donors (Lipinski definition) is 1. The van der Waals surface area contributed by atoms with E-state index >= 15 is 0 Å². The standard InChI is InChI=1S/C15H13N3O2/c1-10(11-6-3-2-4-7-11)18-13-9-5-8-12(15(19)20)14(13)16-17-18/h2-10H,1H3,(H,19,20). The Hall–Kier alpha value is -2.69. The molecule has 1 N–H and O–H groups in total. The molecule has 0 fully saturated rings. The van der Waals surface area contributed by atoms with Crippen molar-refractivity contribution in [1.82, 2.24) is 15.0 Å². The number of benzene rings is 2. The van der Waals surface area contributed by atoms with Crippen LogP contribution in [0.4, 0.5) is 0 Å². The van der Waals surface area contributed by atoms with Crippen LogP contribution in [0.5, 0.6) is 0 Å². The first-order chi connectivity index (χ1) is 9.68. The molecule has 1 atom stereocenters. The first kappa shape index (κ1) is 12.3. The molecular formula is C15H13N3O2. The minimum absolute atomic E-state index is 0.00903. The van der Waals surface area contributed by atoms with E-state index in [1.807, 2.05) is 43.3 Å². The van der Waals surface area contributed by atoms with E-state index in [4.69, 9.17) is 0 Å². The Morgan fingerprint density at radius 3 is 2.60 bits per heavy atom. The van der Waals surface area contributed by atoms with Crippen molar-refractivity contribution >= 4 is 17.0 Å². The van der Waals surface area contributed by atoms with Gasteiger partial charge in [0.15, 0.2) is 0 Å². The van der Waals surface area contributed by atoms with Gasteiger partial charge in [-0.3, -0.25) is 0 Å². The number of aromatic nitrogens is 3. The van der Waals surface area contributed by atoms with Crippen LogP contribution < -0.4 is 0 Å². The number of aromatic carboxylic acids is 1. The molecule has 0 amide bonds. The fraction of sp³-hybridized carbons (Fsp3) is 0.133. The van der Waals surface area contributed by atoms with E-state index in [2.05, 4.69) is 10.3 Å². The average Bonchev–Trinajstić information content (AvgIpc) is 2.91. The van der Waals surface area contributed by atoms with Crippen LogP contribution in [-0.2, 0) is 0 Å².